The maximum Gasteiger partial charge on any atom is 0.333 e. The van der Waals surface area contributed by atoms with Gasteiger partial charge in [-0.25, -0.2) is 57.4 Å². The summed E-state index contributed by atoms with van der Waals surface area (Å²) in [5, 5.41) is 33.9. The quantitative estimate of drug-likeness (QED) is 0.0354. The number of ether oxygens (including phenoxy) is 6. The molecule has 13 aromatic rings. The van der Waals surface area contributed by atoms with Gasteiger partial charge >= 0.3 is 35.0 Å². The van der Waals surface area contributed by atoms with Gasteiger partial charge in [0.15, 0.2) is 0 Å². The van der Waals surface area contributed by atoms with Crippen LogP contribution in [0.5, 0.6) is 17.2 Å². The van der Waals surface area contributed by atoms with E-state index in [1.54, 1.807) is 42.1 Å². The lowest BCUT2D eigenvalue weighted by Gasteiger charge is -2.37. The second kappa shape index (κ2) is 38.0. The number of hydrogen-bond acceptors (Lipinski definition) is 26. The van der Waals surface area contributed by atoms with Crippen LogP contribution in [0.2, 0.25) is 0 Å². The number of benzene rings is 3. The molecule has 10 aromatic heterocycles. The Hall–Kier alpha value is -12.4. The van der Waals surface area contributed by atoms with Gasteiger partial charge in [0.1, 0.15) is 85.5 Å². The zero-order chi connectivity index (χ0) is 92.7. The number of carbonyl (C=O) groups excluding carboxylic acids is 1. The Bertz CT molecular complexity index is 6770. The van der Waals surface area contributed by atoms with Gasteiger partial charge in [-0.05, 0) is 180 Å². The molecule has 1 amide bonds. The number of nitrogens with one attached hydrogen (secondary N) is 1. The van der Waals surface area contributed by atoms with Crippen molar-refractivity contribution < 1.29 is 76.2 Å². The normalized spacial score (nSPS) is 17.9. The maximum absolute atomic E-state index is 14.3. The van der Waals surface area contributed by atoms with Gasteiger partial charge in [-0.1, -0.05) is 54.6 Å². The first kappa shape index (κ1) is 92.3. The number of hydrogen-bond donors (Lipinski definition) is 4. The van der Waals surface area contributed by atoms with E-state index >= 15 is 0 Å². The lowest BCUT2D eigenvalue weighted by Crippen LogP contribution is -2.52. The second-order valence-electron chi connectivity index (χ2n) is 34.5. The first-order valence-electron chi connectivity index (χ1n) is 42.9. The van der Waals surface area contributed by atoms with Gasteiger partial charge in [0.05, 0.1) is 109 Å². The van der Waals surface area contributed by atoms with Gasteiger partial charge < -0.3 is 71.8 Å². The molecule has 4 aliphatic rings. The molecule has 686 valence electrons. The van der Waals surface area contributed by atoms with Crippen molar-refractivity contribution in [3.63, 3.8) is 0 Å². The Balaban J connectivity index is 0.000000150. The van der Waals surface area contributed by atoms with Gasteiger partial charge in [-0.3, -0.25) is 32.9 Å². The standard InChI is InChI=1S/C31H36N4O8S.C31H36N4O7S.C31H32N4O7S/c1-17-24-27(37)35(31(3,4)29(38)39)30(40)34(28(24)44-25(17)26-32-14-15-42-26)16-23(21-8-6-7-9-22(21)41-5)43-20-12-10-19(11-13-20)33-18(2)36;1-18-24-27(36)35(31(2,3)29(37)38)30(39)34(28(24)43-25(18)26-32-12-15-41-26)17-23(21-9-5-6-10-22(21)40-4)42-20-11-14-33-13-7-8-19(33)16-20;1-18-24-27(36)35(31(2,3)29(37)38)30(39)34(28(24)43-25(18)26-32-13-15-41-26)17-23(21-9-5-6-10-22(21)40-4)42-20-12-11-19-8-7-14-33(19)16-20/h6-9,14-15,19-20,23H,10-13,16H2,1-5H3,(H,33,36)(H,38,39);5-6,9-10,12,15,19-20,23H,7-8,11,13-14,16-17H2,1-4H3,(H,37,38);5-10,13-15,20,23H,11-12,16-17H2,1-4H3,(H,37,38). The highest BCUT2D eigenvalue weighted by molar-refractivity contribution is 7.22. The van der Waals surface area contributed by atoms with E-state index in [1.807, 2.05) is 85.1 Å². The number of nitrogens with zero attached hydrogens (tertiary/aromatic N) is 11. The number of thiophene rings is 3. The predicted octanol–water partition coefficient (Wildman–Crippen LogP) is 13.2. The van der Waals surface area contributed by atoms with E-state index in [4.69, 9.17) is 41.7 Å². The van der Waals surface area contributed by atoms with Crippen molar-refractivity contribution in [2.75, 3.05) is 34.4 Å². The highest BCUT2D eigenvalue weighted by Crippen LogP contribution is 2.44. The molecule has 0 radical (unpaired) electrons. The van der Waals surface area contributed by atoms with E-state index in [2.05, 4.69) is 35.8 Å². The van der Waals surface area contributed by atoms with Crippen molar-refractivity contribution in [3.05, 3.63) is 230 Å². The molecule has 3 aliphatic heterocycles. The van der Waals surface area contributed by atoms with Crippen molar-refractivity contribution in [2.45, 2.75) is 225 Å². The third-order valence-corrected chi connectivity index (χ3v) is 29.1. The number of aromatic nitrogens is 10. The Morgan fingerprint density at radius 2 is 0.862 bits per heavy atom. The third kappa shape index (κ3) is 17.9. The van der Waals surface area contributed by atoms with Gasteiger partial charge in [0, 0.05) is 60.7 Å². The predicted molar refractivity (Wildman–Crippen MR) is 487 cm³/mol. The van der Waals surface area contributed by atoms with E-state index in [0.29, 0.717) is 112 Å². The summed E-state index contributed by atoms with van der Waals surface area (Å²) in [5.74, 6) is -1.29. The van der Waals surface area contributed by atoms with E-state index in [9.17, 15) is 63.3 Å². The Kier molecular flexibility index (Phi) is 27.0. The molecule has 0 bridgehead atoms. The maximum atomic E-state index is 14.3. The van der Waals surface area contributed by atoms with Crippen molar-refractivity contribution in [2.24, 2.45) is 0 Å². The number of piperidine rings is 1. The van der Waals surface area contributed by atoms with Gasteiger partial charge in [0.25, 0.3) is 16.7 Å². The zero-order valence-corrected chi connectivity index (χ0v) is 76.7. The average molecular weight is 1840 g/mol. The summed E-state index contributed by atoms with van der Waals surface area (Å²) in [4.78, 5) is 151. The number of oxazole rings is 3. The molecule has 34 nitrogen and oxygen atoms in total. The zero-order valence-electron chi connectivity index (χ0n) is 74.3. The number of para-hydroxylation sites is 3. The molecule has 0 spiro atoms. The second-order valence-corrected chi connectivity index (χ2v) is 37.5. The van der Waals surface area contributed by atoms with E-state index < -0.39 is 86.6 Å². The fraction of sp³-hybridized carbons (Fsp3) is 0.430. The first-order valence-corrected chi connectivity index (χ1v) is 45.4. The monoisotopic (exact) mass is 1840 g/mol. The van der Waals surface area contributed by atoms with Crippen LogP contribution in [-0.4, -0.2) is 156 Å². The van der Waals surface area contributed by atoms with Crippen LogP contribution in [0.25, 0.3) is 63.0 Å². The van der Waals surface area contributed by atoms with Crippen LogP contribution in [0.3, 0.4) is 0 Å². The summed E-state index contributed by atoms with van der Waals surface area (Å²) < 4.78 is 63.0. The van der Waals surface area contributed by atoms with Crippen molar-refractivity contribution in [1.82, 2.24) is 57.1 Å². The lowest BCUT2D eigenvalue weighted by atomic mass is 9.92. The van der Waals surface area contributed by atoms with E-state index in [1.165, 1.54) is 146 Å². The van der Waals surface area contributed by atoms with Crippen LogP contribution in [0.15, 0.2) is 171 Å². The molecule has 6 unspecified atom stereocenters. The molecule has 1 saturated carbocycles. The summed E-state index contributed by atoms with van der Waals surface area (Å²) in [6.07, 6.45) is 17.1. The van der Waals surface area contributed by atoms with Crippen molar-refractivity contribution in [1.29, 1.82) is 0 Å². The summed E-state index contributed by atoms with van der Waals surface area (Å²) >= 11 is 3.61. The van der Waals surface area contributed by atoms with Crippen LogP contribution >= 0.6 is 34.0 Å². The molecule has 130 heavy (non-hydrogen) atoms. The van der Waals surface area contributed by atoms with Crippen molar-refractivity contribution in [3.8, 4) is 49.6 Å². The van der Waals surface area contributed by atoms with Crippen LogP contribution in [0.4, 0.5) is 0 Å². The molecule has 17 rings (SSSR count). The fourth-order valence-corrected chi connectivity index (χ4v) is 21.8. The fourth-order valence-electron chi connectivity index (χ4n) is 18.1. The number of rotatable bonds is 28. The minimum atomic E-state index is -1.84. The number of amides is 1. The minimum Gasteiger partial charge on any atom is -0.496 e. The Labute approximate surface area is 756 Å². The molecule has 4 N–H and O–H groups in total. The highest BCUT2D eigenvalue weighted by Gasteiger charge is 2.43. The number of carboxylic acids is 3. The van der Waals surface area contributed by atoms with Crippen molar-refractivity contribution >= 4 is 88.5 Å². The average Bonchev–Trinajstić information content (AvgIpc) is 1.57. The molecule has 6 atom stereocenters. The SMILES string of the molecule is COc1ccccc1C(Cn1c(=O)n(C(C)(C)C(=O)O)c(=O)c2c(C)c(-c3ncco3)sc21)OC1CCC(NC(C)=O)CC1.COc1ccccc1C(Cn1c(=O)n(C(C)(C)C(=O)O)c(=O)c2c(C)c(-c3ncco3)sc21)OC1CCN2CCCC2C1.COc1ccccc1C(Cn1c(=O)n(C(C)(C)C(=O)O)c(=O)c2c(C)c(-c3ncco3)sc21)OC1CCc2cccn2C1. The van der Waals surface area contributed by atoms with Gasteiger partial charge in [0.2, 0.25) is 23.6 Å². The Morgan fingerprint density at radius 1 is 0.485 bits per heavy atom. The van der Waals surface area contributed by atoms with E-state index in [-0.39, 0.29) is 66.1 Å². The Morgan fingerprint density at radius 3 is 1.22 bits per heavy atom. The largest absolute Gasteiger partial charge is 0.496 e. The van der Waals surface area contributed by atoms with Crippen LogP contribution in [0, 0.1) is 20.8 Å². The molecular formula is C93H104N12O22S3. The number of carbonyl (C=O) groups is 4. The van der Waals surface area contributed by atoms with Crippen LogP contribution in [-0.2, 0) is 82.6 Å². The van der Waals surface area contributed by atoms with Crippen LogP contribution < -0.4 is 53.3 Å². The molecule has 3 aromatic carbocycles. The summed E-state index contributed by atoms with van der Waals surface area (Å²) in [6, 6.07) is 27.0. The number of carboxylic acid groups (broad SMARTS) is 3. The van der Waals surface area contributed by atoms with Crippen LogP contribution in [0.1, 0.15) is 164 Å². The minimum absolute atomic E-state index is 0.00565. The summed E-state index contributed by atoms with van der Waals surface area (Å²) in [7, 11) is 4.73. The summed E-state index contributed by atoms with van der Waals surface area (Å²) in [5.41, 5.74) is -4.66. The topological polar surface area (TPSA) is 415 Å². The smallest absolute Gasteiger partial charge is 0.333 e. The van der Waals surface area contributed by atoms with Gasteiger partial charge in [-0.15, -0.1) is 34.0 Å². The molecule has 3 fully saturated rings. The number of aryl methyl sites for hydroxylation is 4. The van der Waals surface area contributed by atoms with Gasteiger partial charge in [-0.2, -0.15) is 0 Å². The third-order valence-electron chi connectivity index (χ3n) is 25.2. The molecule has 2 saturated heterocycles. The molecule has 1 aliphatic carbocycles. The molecular weight excluding hydrogens is 1730 g/mol. The summed E-state index contributed by atoms with van der Waals surface area (Å²) in [6.45, 7) is 17.5. The molecule has 37 heteroatoms. The number of aliphatic carboxylic acids is 3. The number of fused-ring (bicyclic) bond motifs is 5. The van der Waals surface area contributed by atoms with E-state index in [0.717, 1.165) is 82.9 Å². The number of methoxy groups -OCH3 is 3. The highest BCUT2D eigenvalue weighted by atomic mass is 32.1. The molecule has 13 heterocycles. The first-order chi connectivity index (χ1) is 62.2. The lowest BCUT2D eigenvalue weighted by molar-refractivity contribution is -0.146.